The summed E-state index contributed by atoms with van der Waals surface area (Å²) in [6, 6.07) is 5.11. The number of halogens is 1. The molecule has 0 saturated carbocycles. The maximum Gasteiger partial charge on any atom is 0.243 e. The molecule has 0 aliphatic rings. The van der Waals surface area contributed by atoms with Gasteiger partial charge in [0.15, 0.2) is 11.6 Å². The van der Waals surface area contributed by atoms with Gasteiger partial charge in [-0.3, -0.25) is 9.29 Å². The molecule has 0 amide bonds. The number of anilines is 1. The fourth-order valence-electron chi connectivity index (χ4n) is 3.33. The number of ether oxygens (including phenoxy) is 2. The van der Waals surface area contributed by atoms with Crippen LogP contribution < -0.4 is 14.2 Å². The summed E-state index contributed by atoms with van der Waals surface area (Å²) in [6.07, 6.45) is 3.28. The molecule has 0 fully saturated rings. The van der Waals surface area contributed by atoms with Crippen LogP contribution in [0.4, 0.5) is 10.3 Å². The minimum absolute atomic E-state index is 0.0562. The number of benzene rings is 1. The van der Waals surface area contributed by atoms with Gasteiger partial charge in [0.05, 0.1) is 43.1 Å². The molecule has 3 aromatic heterocycles. The van der Waals surface area contributed by atoms with Crippen LogP contribution in [0.2, 0.25) is 0 Å². The van der Waals surface area contributed by atoms with E-state index in [1.165, 1.54) is 32.0 Å². The Bertz CT molecular complexity index is 1410. The molecule has 1 N–H and O–H groups in total. The normalized spacial score (nSPS) is 12.4. The van der Waals surface area contributed by atoms with E-state index in [4.69, 9.17) is 14.0 Å². The van der Waals surface area contributed by atoms with Crippen molar-refractivity contribution in [1.29, 1.82) is 0 Å². The number of aromatic nitrogens is 6. The molecule has 12 nitrogen and oxygen atoms in total. The molecule has 4 rings (SSSR count). The zero-order valence-electron chi connectivity index (χ0n) is 19.3. The van der Waals surface area contributed by atoms with Crippen molar-refractivity contribution in [3.63, 3.8) is 0 Å². The van der Waals surface area contributed by atoms with Gasteiger partial charge in [-0.1, -0.05) is 11.2 Å². The monoisotopic (exact) mass is 503 g/mol. The van der Waals surface area contributed by atoms with Gasteiger partial charge < -0.3 is 14.0 Å². The predicted octanol–water partition coefficient (Wildman–Crippen LogP) is 2.55. The summed E-state index contributed by atoms with van der Waals surface area (Å²) in [5.74, 6) is 0.463. The van der Waals surface area contributed by atoms with E-state index >= 15 is 0 Å². The van der Waals surface area contributed by atoms with Gasteiger partial charge in [-0.15, -0.1) is 10.2 Å². The molecule has 14 heteroatoms. The van der Waals surface area contributed by atoms with Crippen molar-refractivity contribution < 1.29 is 26.8 Å². The van der Waals surface area contributed by atoms with Crippen LogP contribution in [0, 0.1) is 12.7 Å². The van der Waals surface area contributed by atoms with E-state index in [0.29, 0.717) is 28.4 Å². The van der Waals surface area contributed by atoms with Crippen molar-refractivity contribution >= 4 is 16.0 Å². The maximum absolute atomic E-state index is 13.2. The first-order valence-corrected chi connectivity index (χ1v) is 11.9. The second-order valence-corrected chi connectivity index (χ2v) is 9.59. The van der Waals surface area contributed by atoms with Crippen LogP contribution in [0.25, 0.3) is 17.1 Å². The molecule has 0 aliphatic carbocycles. The minimum Gasteiger partial charge on any atom is -0.494 e. The number of sulfonamides is 1. The Hall–Kier alpha value is -4.07. The van der Waals surface area contributed by atoms with Gasteiger partial charge >= 0.3 is 0 Å². The Balaban J connectivity index is 1.80. The number of hydrogen-bond donors (Lipinski definition) is 1. The zero-order valence-corrected chi connectivity index (χ0v) is 20.1. The number of aryl methyl sites for hydroxylation is 1. The topological polar surface area (TPSA) is 147 Å². The van der Waals surface area contributed by atoms with Crippen molar-refractivity contribution in [2.24, 2.45) is 0 Å². The van der Waals surface area contributed by atoms with Crippen LogP contribution in [-0.2, 0) is 16.4 Å². The van der Waals surface area contributed by atoms with Crippen LogP contribution in [0.3, 0.4) is 0 Å². The molecular weight excluding hydrogens is 481 g/mol. The molecule has 184 valence electrons. The number of rotatable bonds is 9. The zero-order chi connectivity index (χ0) is 25.2. The third-order valence-corrected chi connectivity index (χ3v) is 6.88. The van der Waals surface area contributed by atoms with Gasteiger partial charge in [0.2, 0.25) is 16.0 Å². The lowest BCUT2D eigenvalue weighted by Crippen LogP contribution is -2.29. The largest absolute Gasteiger partial charge is 0.494 e. The maximum atomic E-state index is 13.2. The van der Waals surface area contributed by atoms with Gasteiger partial charge in [0.25, 0.3) is 0 Å². The Labute approximate surface area is 200 Å². The Kier molecular flexibility index (Phi) is 6.64. The highest BCUT2D eigenvalue weighted by molar-refractivity contribution is 7.93. The lowest BCUT2D eigenvalue weighted by molar-refractivity contribution is 0.391. The average Bonchev–Trinajstić information content (AvgIpc) is 3.44. The summed E-state index contributed by atoms with van der Waals surface area (Å²) < 4.78 is 59.6. The number of para-hydroxylation sites is 1. The van der Waals surface area contributed by atoms with Gasteiger partial charge in [0.1, 0.15) is 29.3 Å². The van der Waals surface area contributed by atoms with E-state index in [0.717, 1.165) is 12.4 Å². The molecule has 0 spiro atoms. The third kappa shape index (κ3) is 4.77. The summed E-state index contributed by atoms with van der Waals surface area (Å²) in [6.45, 7) is 3.19. The summed E-state index contributed by atoms with van der Waals surface area (Å²) in [5, 5.41) is 11.2. The minimum atomic E-state index is -4.02. The highest BCUT2D eigenvalue weighted by Gasteiger charge is 2.29. The van der Waals surface area contributed by atoms with Gasteiger partial charge in [-0.25, -0.2) is 22.8 Å². The van der Waals surface area contributed by atoms with Crippen molar-refractivity contribution in [1.82, 2.24) is 29.9 Å². The summed E-state index contributed by atoms with van der Waals surface area (Å²) in [7, 11) is -1.08. The molecule has 1 atom stereocenters. The average molecular weight is 504 g/mol. The third-order valence-electron chi connectivity index (χ3n) is 5.19. The number of hydrogen-bond acceptors (Lipinski definition) is 10. The fourth-order valence-corrected chi connectivity index (χ4v) is 4.29. The lowest BCUT2D eigenvalue weighted by Gasteiger charge is -2.18. The molecule has 4 aromatic rings. The molecule has 35 heavy (non-hydrogen) atoms. The first-order valence-electron chi connectivity index (χ1n) is 10.3. The van der Waals surface area contributed by atoms with Gasteiger partial charge in [-0.05, 0) is 26.0 Å². The predicted molar refractivity (Wildman–Crippen MR) is 122 cm³/mol. The molecule has 0 radical (unpaired) electrons. The molecule has 0 saturated heterocycles. The van der Waals surface area contributed by atoms with E-state index in [1.807, 2.05) is 0 Å². The quantitative estimate of drug-likeness (QED) is 0.361. The van der Waals surface area contributed by atoms with E-state index in [9.17, 15) is 12.8 Å². The number of nitrogens with one attached hydrogen (secondary N) is 1. The number of nitrogens with zero attached hydrogens (tertiary/aromatic N) is 6. The Morgan fingerprint density at radius 2 is 1.80 bits per heavy atom. The molecular formula is C21H22FN7O5S. The second-order valence-electron chi connectivity index (χ2n) is 7.49. The summed E-state index contributed by atoms with van der Waals surface area (Å²) in [5.41, 5.74) is 1.37. The van der Waals surface area contributed by atoms with Gasteiger partial charge in [-0.2, -0.15) is 0 Å². The van der Waals surface area contributed by atoms with E-state index in [-0.39, 0.29) is 24.0 Å². The standard InChI is InChI=1S/C21H22FN7O5S/c1-12(8-18-23-9-14(22)10-24-18)35(30,31)28-21-26-25-20(15-11-34-27-13(15)2)29(21)19-16(32-3)6-5-7-17(19)33-4/h5-7,9-12H,8H2,1-4H3,(H,26,28)/t12-/m0/s1. The van der Waals surface area contributed by atoms with Crippen LogP contribution in [-0.4, -0.2) is 57.8 Å². The SMILES string of the molecule is COc1cccc(OC)c1-n1c(NS(=O)(=O)[C@@H](C)Cc2ncc(F)cn2)nnc1-c1conc1C. The molecule has 0 aliphatic heterocycles. The van der Waals surface area contributed by atoms with Crippen molar-refractivity contribution in [2.45, 2.75) is 25.5 Å². The van der Waals surface area contributed by atoms with Crippen LogP contribution in [0.1, 0.15) is 18.4 Å². The van der Waals surface area contributed by atoms with E-state index in [1.54, 1.807) is 25.1 Å². The van der Waals surface area contributed by atoms with Crippen LogP contribution in [0.15, 0.2) is 41.4 Å². The molecule has 0 unspecified atom stereocenters. The van der Waals surface area contributed by atoms with Gasteiger partial charge in [0, 0.05) is 6.42 Å². The first-order chi connectivity index (χ1) is 16.7. The highest BCUT2D eigenvalue weighted by atomic mass is 32.2. The molecule has 3 heterocycles. The Morgan fingerprint density at radius 1 is 1.14 bits per heavy atom. The van der Waals surface area contributed by atoms with E-state index < -0.39 is 21.1 Å². The van der Waals surface area contributed by atoms with Crippen molar-refractivity contribution in [2.75, 3.05) is 18.9 Å². The first kappa shape index (κ1) is 24.1. The summed E-state index contributed by atoms with van der Waals surface area (Å²) >= 11 is 0. The smallest absolute Gasteiger partial charge is 0.243 e. The molecule has 0 bridgehead atoms. The van der Waals surface area contributed by atoms with Crippen molar-refractivity contribution in [3.8, 4) is 28.6 Å². The highest BCUT2D eigenvalue weighted by Crippen LogP contribution is 2.38. The summed E-state index contributed by atoms with van der Waals surface area (Å²) in [4.78, 5) is 7.67. The number of methoxy groups -OCH3 is 2. The fraction of sp³-hybridized carbons (Fsp3) is 0.286. The van der Waals surface area contributed by atoms with Crippen LogP contribution >= 0.6 is 0 Å². The lowest BCUT2D eigenvalue weighted by atomic mass is 10.2. The Morgan fingerprint density at radius 3 is 2.37 bits per heavy atom. The van der Waals surface area contributed by atoms with E-state index in [2.05, 4.69) is 30.0 Å². The van der Waals surface area contributed by atoms with Crippen molar-refractivity contribution in [3.05, 3.63) is 54.2 Å². The second kappa shape index (κ2) is 9.66. The van der Waals surface area contributed by atoms with Crippen LogP contribution in [0.5, 0.6) is 11.5 Å². The molecule has 1 aromatic carbocycles.